The molecule has 0 unspecified atom stereocenters. The maximum atomic E-state index is 6.48. The summed E-state index contributed by atoms with van der Waals surface area (Å²) < 4.78 is 12.8. The maximum Gasteiger partial charge on any atom is 0.245 e. The van der Waals surface area contributed by atoms with E-state index >= 15 is 0 Å². The molecule has 4 heteroatoms. The van der Waals surface area contributed by atoms with Gasteiger partial charge in [0.2, 0.25) is 8.32 Å². The highest BCUT2D eigenvalue weighted by atomic mass is 28.4. The first-order chi connectivity index (χ1) is 13.0. The van der Waals surface area contributed by atoms with Gasteiger partial charge in [0.25, 0.3) is 0 Å². The summed E-state index contributed by atoms with van der Waals surface area (Å²) in [5.41, 5.74) is 1.69. The minimum atomic E-state index is -1.62. The van der Waals surface area contributed by atoms with Gasteiger partial charge in [-0.3, -0.25) is 4.90 Å². The number of nitrogens with zero attached hydrogens (tertiary/aromatic N) is 1. The molecule has 0 aliphatic carbocycles. The third-order valence-electron chi connectivity index (χ3n) is 6.43. The van der Waals surface area contributed by atoms with Gasteiger partial charge in [-0.2, -0.15) is 0 Å². The third-order valence-corrected chi connectivity index (χ3v) is 8.90. The highest BCUT2D eigenvalue weighted by Crippen LogP contribution is 2.38. The Kier molecular flexibility index (Phi) is 7.80. The van der Waals surface area contributed by atoms with Crippen molar-refractivity contribution in [3.05, 3.63) is 29.8 Å². The van der Waals surface area contributed by atoms with Gasteiger partial charge in [0.05, 0.1) is 6.10 Å². The van der Waals surface area contributed by atoms with Crippen LogP contribution in [-0.4, -0.2) is 44.1 Å². The Balaban J connectivity index is 1.87. The molecule has 1 heterocycles. The summed E-state index contributed by atoms with van der Waals surface area (Å²) in [5.74, 6) is 1.09. The molecule has 0 atom stereocenters. The lowest BCUT2D eigenvalue weighted by Gasteiger charge is -2.53. The number of ether oxygens (including phenoxy) is 1. The van der Waals surface area contributed by atoms with E-state index in [9.17, 15) is 0 Å². The Morgan fingerprint density at radius 3 is 2.29 bits per heavy atom. The van der Waals surface area contributed by atoms with Crippen LogP contribution in [0.4, 0.5) is 0 Å². The van der Waals surface area contributed by atoms with Crippen molar-refractivity contribution in [1.82, 2.24) is 4.90 Å². The molecule has 1 aromatic carbocycles. The average Bonchev–Trinajstić information content (AvgIpc) is 2.57. The van der Waals surface area contributed by atoms with E-state index in [2.05, 4.69) is 83.9 Å². The van der Waals surface area contributed by atoms with Gasteiger partial charge in [0.15, 0.2) is 0 Å². The molecule has 1 aliphatic rings. The van der Waals surface area contributed by atoms with Crippen molar-refractivity contribution in [3.8, 4) is 5.75 Å². The first-order valence-corrected chi connectivity index (χ1v) is 14.2. The molecule has 0 N–H and O–H groups in total. The van der Waals surface area contributed by atoms with Gasteiger partial charge in [-0.25, -0.2) is 0 Å². The standard InChI is InChI=1S/C24H43NO2Si/c1-9-17-28(7,8)27-22-15-11-10-13-20(22)14-12-16-26-21-18-23(2,3)25(6)24(4,5)19-21/h10-11,13,15,21H,9,12,14,16-19H2,1-8H3. The van der Waals surface area contributed by atoms with Crippen molar-refractivity contribution in [2.75, 3.05) is 13.7 Å². The second-order valence-electron chi connectivity index (χ2n) is 10.4. The molecule has 0 aromatic heterocycles. The lowest BCUT2D eigenvalue weighted by molar-refractivity contribution is -0.0915. The zero-order valence-electron chi connectivity index (χ0n) is 19.6. The molecule has 0 radical (unpaired) electrons. The van der Waals surface area contributed by atoms with E-state index in [4.69, 9.17) is 9.16 Å². The summed E-state index contributed by atoms with van der Waals surface area (Å²) >= 11 is 0. The number of para-hydroxylation sites is 1. The predicted octanol–water partition coefficient (Wildman–Crippen LogP) is 6.28. The molecule has 1 saturated heterocycles. The van der Waals surface area contributed by atoms with Crippen LogP contribution in [0.5, 0.6) is 5.75 Å². The van der Waals surface area contributed by atoms with E-state index in [0.717, 1.165) is 38.0 Å². The summed E-state index contributed by atoms with van der Waals surface area (Å²) in [6.45, 7) is 17.0. The number of rotatable bonds is 9. The van der Waals surface area contributed by atoms with E-state index in [1.165, 1.54) is 18.0 Å². The van der Waals surface area contributed by atoms with Crippen molar-refractivity contribution in [3.63, 3.8) is 0 Å². The SMILES string of the molecule is CCC[Si](C)(C)Oc1ccccc1CCCOC1CC(C)(C)N(C)C(C)(C)C1. The van der Waals surface area contributed by atoms with Gasteiger partial charge < -0.3 is 9.16 Å². The van der Waals surface area contributed by atoms with Crippen LogP contribution in [0.15, 0.2) is 24.3 Å². The number of hydrogen-bond acceptors (Lipinski definition) is 3. The summed E-state index contributed by atoms with van der Waals surface area (Å²) in [6, 6.07) is 9.77. The average molecular weight is 406 g/mol. The molecule has 0 saturated carbocycles. The van der Waals surface area contributed by atoms with Gasteiger partial charge in [-0.1, -0.05) is 31.5 Å². The zero-order chi connectivity index (χ0) is 21.0. The van der Waals surface area contributed by atoms with Crippen LogP contribution in [0.2, 0.25) is 19.1 Å². The Labute approximate surface area is 174 Å². The van der Waals surface area contributed by atoms with E-state index in [1.54, 1.807) is 0 Å². The van der Waals surface area contributed by atoms with E-state index in [-0.39, 0.29) is 11.1 Å². The Hall–Kier alpha value is -0.843. The molecule has 0 amide bonds. The van der Waals surface area contributed by atoms with Gasteiger partial charge in [0.1, 0.15) is 5.75 Å². The lowest BCUT2D eigenvalue weighted by atomic mass is 9.79. The summed E-state index contributed by atoms with van der Waals surface area (Å²) in [6.07, 6.45) is 5.81. The normalized spacial score (nSPS) is 20.3. The van der Waals surface area contributed by atoms with Crippen LogP contribution in [0, 0.1) is 0 Å². The van der Waals surface area contributed by atoms with Crippen LogP contribution in [0.25, 0.3) is 0 Å². The molecular formula is C24H43NO2Si. The maximum absolute atomic E-state index is 6.48. The topological polar surface area (TPSA) is 21.7 Å². The monoisotopic (exact) mass is 405 g/mol. The summed E-state index contributed by atoms with van der Waals surface area (Å²) in [4.78, 5) is 2.51. The van der Waals surface area contributed by atoms with Crippen LogP contribution in [0.1, 0.15) is 65.9 Å². The Morgan fingerprint density at radius 2 is 1.68 bits per heavy atom. The molecule has 28 heavy (non-hydrogen) atoms. The van der Waals surface area contributed by atoms with Gasteiger partial charge >= 0.3 is 0 Å². The van der Waals surface area contributed by atoms with Crippen LogP contribution in [-0.2, 0) is 11.2 Å². The lowest BCUT2D eigenvalue weighted by Crippen LogP contribution is -2.60. The summed E-state index contributed by atoms with van der Waals surface area (Å²) in [5, 5.41) is 0. The second kappa shape index (κ2) is 9.31. The molecule has 0 bridgehead atoms. The van der Waals surface area contributed by atoms with E-state index in [1.807, 2.05) is 0 Å². The molecule has 2 rings (SSSR count). The van der Waals surface area contributed by atoms with Gasteiger partial charge in [0, 0.05) is 17.7 Å². The second-order valence-corrected chi connectivity index (χ2v) is 14.6. The smallest absolute Gasteiger partial charge is 0.245 e. The predicted molar refractivity (Wildman–Crippen MR) is 123 cm³/mol. The number of piperidine rings is 1. The Bertz CT molecular complexity index is 609. The minimum absolute atomic E-state index is 0.183. The molecule has 1 aromatic rings. The molecule has 1 aliphatic heterocycles. The molecule has 1 fully saturated rings. The fourth-order valence-corrected chi connectivity index (χ4v) is 6.77. The largest absolute Gasteiger partial charge is 0.544 e. The van der Waals surface area contributed by atoms with Crippen molar-refractivity contribution >= 4 is 8.32 Å². The zero-order valence-corrected chi connectivity index (χ0v) is 20.6. The van der Waals surface area contributed by atoms with Crippen LogP contribution >= 0.6 is 0 Å². The minimum Gasteiger partial charge on any atom is -0.544 e. The van der Waals surface area contributed by atoms with Crippen LogP contribution < -0.4 is 4.43 Å². The number of benzene rings is 1. The van der Waals surface area contributed by atoms with Gasteiger partial charge in [-0.15, -0.1) is 0 Å². The van der Waals surface area contributed by atoms with E-state index < -0.39 is 8.32 Å². The number of likely N-dealkylation sites (tertiary alicyclic amines) is 1. The molecule has 0 spiro atoms. The number of aryl methyl sites for hydroxylation is 1. The first kappa shape index (κ1) is 23.4. The first-order valence-electron chi connectivity index (χ1n) is 11.1. The highest BCUT2D eigenvalue weighted by Gasteiger charge is 2.43. The molecule has 3 nitrogen and oxygen atoms in total. The van der Waals surface area contributed by atoms with E-state index in [0.29, 0.717) is 6.10 Å². The third kappa shape index (κ3) is 6.33. The van der Waals surface area contributed by atoms with Gasteiger partial charge in [-0.05, 0) is 91.2 Å². The molecular weight excluding hydrogens is 362 g/mol. The van der Waals surface area contributed by atoms with Crippen molar-refractivity contribution in [1.29, 1.82) is 0 Å². The summed E-state index contributed by atoms with van der Waals surface area (Å²) in [7, 11) is 0.622. The molecule has 160 valence electrons. The van der Waals surface area contributed by atoms with Crippen LogP contribution in [0.3, 0.4) is 0 Å². The number of hydrogen-bond donors (Lipinski definition) is 0. The Morgan fingerprint density at radius 1 is 1.07 bits per heavy atom. The van der Waals surface area contributed by atoms with Crippen molar-refractivity contribution < 1.29 is 9.16 Å². The van der Waals surface area contributed by atoms with Crippen molar-refractivity contribution in [2.24, 2.45) is 0 Å². The fraction of sp³-hybridized carbons (Fsp3) is 0.750. The highest BCUT2D eigenvalue weighted by molar-refractivity contribution is 6.71. The van der Waals surface area contributed by atoms with Crippen molar-refractivity contribution in [2.45, 2.75) is 103 Å². The quantitative estimate of drug-likeness (QED) is 0.356. The fourth-order valence-electron chi connectivity index (χ4n) is 4.67.